The van der Waals surface area contributed by atoms with E-state index in [1.165, 1.54) is 5.56 Å². The van der Waals surface area contributed by atoms with Crippen molar-refractivity contribution in [2.75, 3.05) is 26.7 Å². The first-order chi connectivity index (χ1) is 11.7. The molecule has 25 heavy (non-hydrogen) atoms. The Kier molecular flexibility index (Phi) is 6.85. The summed E-state index contributed by atoms with van der Waals surface area (Å²) in [5.74, 6) is 1.58. The van der Waals surface area contributed by atoms with E-state index < -0.39 is 0 Å². The van der Waals surface area contributed by atoms with Crippen molar-refractivity contribution in [1.82, 2.24) is 4.90 Å². The molecule has 0 unspecified atom stereocenters. The third kappa shape index (κ3) is 4.53. The fraction of sp³-hybridized carbons (Fsp3) is 0.350. The van der Waals surface area contributed by atoms with Crippen molar-refractivity contribution in [2.24, 2.45) is 11.7 Å². The molecule has 134 valence electrons. The molecular formula is C20H25ClN2O2. The summed E-state index contributed by atoms with van der Waals surface area (Å²) in [5, 5.41) is 0. The molecule has 0 saturated carbocycles. The normalized spacial score (nSPS) is 19.4. The first-order valence-corrected chi connectivity index (χ1v) is 8.37. The van der Waals surface area contributed by atoms with Crippen LogP contribution in [0.4, 0.5) is 0 Å². The van der Waals surface area contributed by atoms with Gasteiger partial charge in [0, 0.05) is 19.0 Å². The second-order valence-corrected chi connectivity index (χ2v) is 6.34. The Hall–Kier alpha value is -2.04. The standard InChI is InChI=1S/C20H24N2O2.ClH/c1-24-18-9-5-6-15(10-18)11-20(23)22-13-17(12-21)19(14-22)16-7-3-2-4-8-16;/h2-10,17,19H,11-14,21H2,1H3;1H/t17-,19+;/m1./s1. The van der Waals surface area contributed by atoms with Gasteiger partial charge in [0.15, 0.2) is 0 Å². The van der Waals surface area contributed by atoms with E-state index in [0.717, 1.165) is 24.4 Å². The molecule has 0 bridgehead atoms. The third-order valence-corrected chi connectivity index (χ3v) is 4.81. The second kappa shape index (κ2) is 8.88. The largest absolute Gasteiger partial charge is 0.497 e. The second-order valence-electron chi connectivity index (χ2n) is 6.34. The van der Waals surface area contributed by atoms with E-state index in [4.69, 9.17) is 10.5 Å². The summed E-state index contributed by atoms with van der Waals surface area (Å²) < 4.78 is 5.23. The van der Waals surface area contributed by atoms with Crippen LogP contribution in [0.2, 0.25) is 0 Å². The van der Waals surface area contributed by atoms with Gasteiger partial charge in [-0.05, 0) is 35.7 Å². The predicted molar refractivity (Wildman–Crippen MR) is 102 cm³/mol. The molecule has 1 aliphatic heterocycles. The van der Waals surface area contributed by atoms with Crippen molar-refractivity contribution in [2.45, 2.75) is 12.3 Å². The first-order valence-electron chi connectivity index (χ1n) is 8.37. The van der Waals surface area contributed by atoms with Crippen molar-refractivity contribution in [1.29, 1.82) is 0 Å². The van der Waals surface area contributed by atoms with Crippen LogP contribution in [0, 0.1) is 5.92 Å². The SMILES string of the molecule is COc1cccc(CC(=O)N2C[C@@H](CN)[C@H](c3ccccc3)C2)c1.Cl. The molecule has 2 atom stereocenters. The number of carbonyl (C=O) groups excluding carboxylic acids is 1. The van der Waals surface area contributed by atoms with Gasteiger partial charge in [-0.25, -0.2) is 0 Å². The summed E-state index contributed by atoms with van der Waals surface area (Å²) in [7, 11) is 1.64. The van der Waals surface area contributed by atoms with Gasteiger partial charge < -0.3 is 15.4 Å². The molecule has 1 fully saturated rings. The number of methoxy groups -OCH3 is 1. The van der Waals surface area contributed by atoms with E-state index in [1.54, 1.807) is 7.11 Å². The van der Waals surface area contributed by atoms with Gasteiger partial charge in [0.05, 0.1) is 13.5 Å². The van der Waals surface area contributed by atoms with Crippen LogP contribution in [0.1, 0.15) is 17.0 Å². The lowest BCUT2D eigenvalue weighted by Crippen LogP contribution is -2.31. The molecule has 0 aromatic heterocycles. The lowest BCUT2D eigenvalue weighted by molar-refractivity contribution is -0.129. The lowest BCUT2D eigenvalue weighted by atomic mass is 9.89. The van der Waals surface area contributed by atoms with Crippen molar-refractivity contribution >= 4 is 18.3 Å². The molecule has 2 aromatic carbocycles. The highest BCUT2D eigenvalue weighted by Crippen LogP contribution is 2.32. The molecule has 5 heteroatoms. The number of nitrogens with zero attached hydrogens (tertiary/aromatic N) is 1. The zero-order valence-electron chi connectivity index (χ0n) is 14.4. The van der Waals surface area contributed by atoms with E-state index in [9.17, 15) is 4.79 Å². The summed E-state index contributed by atoms with van der Waals surface area (Å²) >= 11 is 0. The topological polar surface area (TPSA) is 55.6 Å². The zero-order valence-corrected chi connectivity index (χ0v) is 15.2. The highest BCUT2D eigenvalue weighted by Gasteiger charge is 2.35. The number of rotatable bonds is 5. The molecule has 0 radical (unpaired) electrons. The summed E-state index contributed by atoms with van der Waals surface area (Å²) in [6, 6.07) is 18.1. The van der Waals surface area contributed by atoms with Gasteiger partial charge in [0.2, 0.25) is 5.91 Å². The molecule has 2 aromatic rings. The number of ether oxygens (including phenoxy) is 1. The quantitative estimate of drug-likeness (QED) is 0.892. The molecule has 1 amide bonds. The smallest absolute Gasteiger partial charge is 0.227 e. The maximum atomic E-state index is 12.7. The molecule has 3 rings (SSSR count). The molecule has 1 aliphatic rings. The minimum absolute atomic E-state index is 0. The molecule has 2 N–H and O–H groups in total. The maximum Gasteiger partial charge on any atom is 0.227 e. The highest BCUT2D eigenvalue weighted by atomic mass is 35.5. The molecular weight excluding hydrogens is 336 g/mol. The minimum atomic E-state index is 0. The average molecular weight is 361 g/mol. The number of hydrogen-bond acceptors (Lipinski definition) is 3. The number of carbonyl (C=O) groups is 1. The van der Waals surface area contributed by atoms with Gasteiger partial charge in [0.1, 0.15) is 5.75 Å². The summed E-state index contributed by atoms with van der Waals surface area (Å²) in [4.78, 5) is 14.7. The Labute approximate surface area is 155 Å². The van der Waals surface area contributed by atoms with Crippen molar-refractivity contribution in [3.8, 4) is 5.75 Å². The average Bonchev–Trinajstić information content (AvgIpc) is 3.07. The van der Waals surface area contributed by atoms with Crippen LogP contribution < -0.4 is 10.5 Å². The molecule has 4 nitrogen and oxygen atoms in total. The van der Waals surface area contributed by atoms with Crippen LogP contribution in [-0.2, 0) is 11.2 Å². The van der Waals surface area contributed by atoms with Gasteiger partial charge in [-0.2, -0.15) is 0 Å². The molecule has 1 heterocycles. The van der Waals surface area contributed by atoms with E-state index in [1.807, 2.05) is 47.4 Å². The number of hydrogen-bond donors (Lipinski definition) is 1. The van der Waals surface area contributed by atoms with Crippen molar-refractivity contribution < 1.29 is 9.53 Å². The van der Waals surface area contributed by atoms with Gasteiger partial charge >= 0.3 is 0 Å². The van der Waals surface area contributed by atoms with E-state index in [2.05, 4.69) is 12.1 Å². The van der Waals surface area contributed by atoms with E-state index in [-0.39, 0.29) is 18.3 Å². The minimum Gasteiger partial charge on any atom is -0.497 e. The fourth-order valence-corrected chi connectivity index (χ4v) is 3.46. The van der Waals surface area contributed by atoms with Crippen LogP contribution in [0.15, 0.2) is 54.6 Å². The van der Waals surface area contributed by atoms with Crippen molar-refractivity contribution in [3.63, 3.8) is 0 Å². The highest BCUT2D eigenvalue weighted by molar-refractivity contribution is 5.85. The van der Waals surface area contributed by atoms with Gasteiger partial charge in [-0.15, -0.1) is 12.4 Å². The molecule has 0 aliphatic carbocycles. The van der Waals surface area contributed by atoms with Crippen LogP contribution in [0.5, 0.6) is 5.75 Å². The summed E-state index contributed by atoms with van der Waals surface area (Å²) in [5.41, 5.74) is 8.21. The van der Waals surface area contributed by atoms with Crippen molar-refractivity contribution in [3.05, 3.63) is 65.7 Å². The number of halogens is 1. The lowest BCUT2D eigenvalue weighted by Gasteiger charge is -2.17. The Morgan fingerprint density at radius 3 is 2.60 bits per heavy atom. The first kappa shape index (κ1) is 19.3. The monoisotopic (exact) mass is 360 g/mol. The number of amides is 1. The fourth-order valence-electron chi connectivity index (χ4n) is 3.46. The van der Waals surface area contributed by atoms with Gasteiger partial charge in [0.25, 0.3) is 0 Å². The van der Waals surface area contributed by atoms with Crippen LogP contribution in [0.3, 0.4) is 0 Å². The van der Waals surface area contributed by atoms with E-state index in [0.29, 0.717) is 24.8 Å². The Morgan fingerprint density at radius 2 is 1.92 bits per heavy atom. The van der Waals surface area contributed by atoms with Crippen LogP contribution in [-0.4, -0.2) is 37.6 Å². The summed E-state index contributed by atoms with van der Waals surface area (Å²) in [6.45, 7) is 2.08. The predicted octanol–water partition coefficient (Wildman–Crippen LogP) is 2.86. The maximum absolute atomic E-state index is 12.7. The molecule has 1 saturated heterocycles. The molecule has 0 spiro atoms. The third-order valence-electron chi connectivity index (χ3n) is 4.81. The van der Waals surface area contributed by atoms with Crippen LogP contribution in [0.25, 0.3) is 0 Å². The zero-order chi connectivity index (χ0) is 16.9. The van der Waals surface area contributed by atoms with E-state index >= 15 is 0 Å². The Balaban J connectivity index is 0.00000225. The Morgan fingerprint density at radius 1 is 1.16 bits per heavy atom. The number of nitrogens with two attached hydrogens (primary N) is 1. The number of likely N-dealkylation sites (tertiary alicyclic amines) is 1. The Bertz CT molecular complexity index is 693. The van der Waals surface area contributed by atoms with Crippen LogP contribution >= 0.6 is 12.4 Å². The summed E-state index contributed by atoms with van der Waals surface area (Å²) in [6.07, 6.45) is 0.399. The van der Waals surface area contributed by atoms with Gasteiger partial charge in [-0.1, -0.05) is 42.5 Å². The van der Waals surface area contributed by atoms with Gasteiger partial charge in [-0.3, -0.25) is 4.79 Å². The number of benzene rings is 2.